The summed E-state index contributed by atoms with van der Waals surface area (Å²) >= 11 is 0. The lowest BCUT2D eigenvalue weighted by Crippen LogP contribution is -2.28. The van der Waals surface area contributed by atoms with Crippen LogP contribution in [0.5, 0.6) is 11.5 Å². The Labute approximate surface area is 113 Å². The first-order valence-corrected chi connectivity index (χ1v) is 6.50. The van der Waals surface area contributed by atoms with E-state index in [1.165, 1.54) is 0 Å². The fourth-order valence-electron chi connectivity index (χ4n) is 1.94. The van der Waals surface area contributed by atoms with Gasteiger partial charge in [-0.3, -0.25) is 4.79 Å². The molecule has 0 fully saturated rings. The van der Waals surface area contributed by atoms with E-state index in [0.717, 1.165) is 17.1 Å². The minimum absolute atomic E-state index is 0.0162. The van der Waals surface area contributed by atoms with Crippen molar-refractivity contribution in [3.05, 3.63) is 23.8 Å². The highest BCUT2D eigenvalue weighted by atomic mass is 16.7. The van der Waals surface area contributed by atoms with Crippen LogP contribution in [0.3, 0.4) is 0 Å². The van der Waals surface area contributed by atoms with Crippen molar-refractivity contribution in [3.8, 4) is 11.5 Å². The van der Waals surface area contributed by atoms with E-state index in [0.29, 0.717) is 12.8 Å². The van der Waals surface area contributed by atoms with Gasteiger partial charge in [-0.05, 0) is 38.0 Å². The number of hydrogen-bond acceptors (Lipinski definition) is 4. The molecule has 5 heteroatoms. The van der Waals surface area contributed by atoms with Crippen LogP contribution in [-0.2, 0) is 4.79 Å². The number of rotatable bonds is 5. The predicted octanol–water partition coefficient (Wildman–Crippen LogP) is 1.72. The topological polar surface area (TPSA) is 73.6 Å². The van der Waals surface area contributed by atoms with Crippen molar-refractivity contribution in [2.45, 2.75) is 38.8 Å². The number of nitrogens with one attached hydrogen (secondary N) is 1. The average Bonchev–Trinajstić information content (AvgIpc) is 2.83. The van der Waals surface area contributed by atoms with E-state index in [4.69, 9.17) is 15.2 Å². The molecule has 5 nitrogen and oxygen atoms in total. The fourth-order valence-corrected chi connectivity index (χ4v) is 1.94. The van der Waals surface area contributed by atoms with Gasteiger partial charge in [0.2, 0.25) is 12.7 Å². The van der Waals surface area contributed by atoms with Gasteiger partial charge in [-0.25, -0.2) is 0 Å². The van der Waals surface area contributed by atoms with Crippen LogP contribution >= 0.6 is 0 Å². The molecule has 1 aromatic carbocycles. The number of carbonyl (C=O) groups is 1. The molecule has 1 aliphatic heterocycles. The molecule has 0 saturated carbocycles. The summed E-state index contributed by atoms with van der Waals surface area (Å²) in [5, 5.41) is 2.95. The molecule has 1 amide bonds. The van der Waals surface area contributed by atoms with Gasteiger partial charge >= 0.3 is 0 Å². The van der Waals surface area contributed by atoms with E-state index < -0.39 is 0 Å². The lowest BCUT2D eigenvalue weighted by Gasteiger charge is -2.15. The molecule has 104 valence electrons. The van der Waals surface area contributed by atoms with Crippen LogP contribution in [0, 0.1) is 0 Å². The second-order valence-corrected chi connectivity index (χ2v) is 4.92. The molecule has 0 aliphatic carbocycles. The molecule has 2 unspecified atom stereocenters. The summed E-state index contributed by atoms with van der Waals surface area (Å²) in [6.45, 7) is 4.10. The van der Waals surface area contributed by atoms with E-state index >= 15 is 0 Å². The maximum absolute atomic E-state index is 11.7. The minimum Gasteiger partial charge on any atom is -0.454 e. The van der Waals surface area contributed by atoms with E-state index in [9.17, 15) is 4.79 Å². The molecule has 0 saturated heterocycles. The summed E-state index contributed by atoms with van der Waals surface area (Å²) in [6.07, 6.45) is 1.15. The van der Waals surface area contributed by atoms with Gasteiger partial charge in [0, 0.05) is 12.5 Å². The molecule has 2 atom stereocenters. The zero-order valence-electron chi connectivity index (χ0n) is 11.3. The van der Waals surface area contributed by atoms with Gasteiger partial charge in [0.1, 0.15) is 0 Å². The number of nitrogens with two attached hydrogens (primary N) is 1. The van der Waals surface area contributed by atoms with Crippen molar-refractivity contribution in [3.63, 3.8) is 0 Å². The molecule has 0 spiro atoms. The Morgan fingerprint density at radius 1 is 1.37 bits per heavy atom. The van der Waals surface area contributed by atoms with Gasteiger partial charge in [-0.1, -0.05) is 6.07 Å². The van der Waals surface area contributed by atoms with Crippen molar-refractivity contribution in [2.75, 3.05) is 6.79 Å². The quantitative estimate of drug-likeness (QED) is 0.849. The second-order valence-electron chi connectivity index (χ2n) is 4.92. The molecule has 0 bridgehead atoms. The minimum atomic E-state index is -0.0601. The highest BCUT2D eigenvalue weighted by Crippen LogP contribution is 2.34. The van der Waals surface area contributed by atoms with Crippen LogP contribution in [0.1, 0.15) is 38.3 Å². The summed E-state index contributed by atoms with van der Waals surface area (Å²) in [5.74, 6) is 1.50. The molecule has 2 rings (SSSR count). The van der Waals surface area contributed by atoms with Gasteiger partial charge in [0.25, 0.3) is 0 Å². The standard InChI is InChI=1S/C14H20N2O3/c1-9(15)3-6-14(17)16-10(2)11-4-5-12-13(7-11)19-8-18-12/h4-5,7,9-10H,3,6,8,15H2,1-2H3,(H,16,17). The lowest BCUT2D eigenvalue weighted by atomic mass is 10.1. The maximum atomic E-state index is 11.7. The SMILES string of the molecule is CC(N)CCC(=O)NC(C)c1ccc2c(c1)OCO2. The summed E-state index contributed by atoms with van der Waals surface area (Å²) in [4.78, 5) is 11.7. The zero-order valence-corrected chi connectivity index (χ0v) is 11.3. The van der Waals surface area contributed by atoms with Crippen molar-refractivity contribution in [1.29, 1.82) is 0 Å². The summed E-state index contributed by atoms with van der Waals surface area (Å²) in [5.41, 5.74) is 6.63. The molecular formula is C14H20N2O3. The molecule has 0 radical (unpaired) electrons. The molecule has 1 aromatic rings. The Morgan fingerprint density at radius 2 is 2.11 bits per heavy atom. The summed E-state index contributed by atoms with van der Waals surface area (Å²) in [6, 6.07) is 5.69. The van der Waals surface area contributed by atoms with Gasteiger partial charge < -0.3 is 20.5 Å². The highest BCUT2D eigenvalue weighted by molar-refractivity contribution is 5.76. The van der Waals surface area contributed by atoms with Crippen molar-refractivity contribution >= 4 is 5.91 Å². The van der Waals surface area contributed by atoms with Crippen LogP contribution < -0.4 is 20.5 Å². The molecule has 3 N–H and O–H groups in total. The van der Waals surface area contributed by atoms with Crippen LogP contribution in [0.2, 0.25) is 0 Å². The fraction of sp³-hybridized carbons (Fsp3) is 0.500. The second kappa shape index (κ2) is 5.93. The first-order chi connectivity index (χ1) is 9.06. The molecular weight excluding hydrogens is 244 g/mol. The zero-order chi connectivity index (χ0) is 13.8. The number of ether oxygens (including phenoxy) is 2. The monoisotopic (exact) mass is 264 g/mol. The first kappa shape index (κ1) is 13.7. The number of amides is 1. The van der Waals surface area contributed by atoms with Crippen molar-refractivity contribution in [1.82, 2.24) is 5.32 Å². The number of carbonyl (C=O) groups excluding carboxylic acids is 1. The van der Waals surface area contributed by atoms with Crippen LogP contribution in [-0.4, -0.2) is 18.7 Å². The third kappa shape index (κ3) is 3.61. The van der Waals surface area contributed by atoms with E-state index in [1.54, 1.807) is 0 Å². The molecule has 1 heterocycles. The van der Waals surface area contributed by atoms with Gasteiger partial charge in [0.05, 0.1) is 6.04 Å². The number of benzene rings is 1. The summed E-state index contributed by atoms with van der Waals surface area (Å²) < 4.78 is 10.6. The first-order valence-electron chi connectivity index (χ1n) is 6.50. The summed E-state index contributed by atoms with van der Waals surface area (Å²) in [7, 11) is 0. The Balaban J connectivity index is 1.92. The van der Waals surface area contributed by atoms with Crippen molar-refractivity contribution in [2.24, 2.45) is 5.73 Å². The number of hydrogen-bond donors (Lipinski definition) is 2. The third-order valence-corrected chi connectivity index (χ3v) is 3.10. The molecule has 1 aliphatic rings. The maximum Gasteiger partial charge on any atom is 0.231 e. The van der Waals surface area contributed by atoms with E-state index in [2.05, 4.69) is 5.32 Å². The molecule has 0 aromatic heterocycles. The van der Waals surface area contributed by atoms with Crippen LogP contribution in [0.15, 0.2) is 18.2 Å². The third-order valence-electron chi connectivity index (χ3n) is 3.10. The van der Waals surface area contributed by atoms with Crippen LogP contribution in [0.25, 0.3) is 0 Å². The van der Waals surface area contributed by atoms with Gasteiger partial charge in [0.15, 0.2) is 11.5 Å². The Kier molecular flexibility index (Phi) is 4.27. The number of fused-ring (bicyclic) bond motifs is 1. The largest absolute Gasteiger partial charge is 0.454 e. The van der Waals surface area contributed by atoms with Gasteiger partial charge in [-0.15, -0.1) is 0 Å². The Bertz CT molecular complexity index is 460. The Hall–Kier alpha value is -1.75. The highest BCUT2D eigenvalue weighted by Gasteiger charge is 2.16. The van der Waals surface area contributed by atoms with E-state index in [1.807, 2.05) is 32.0 Å². The van der Waals surface area contributed by atoms with Crippen LogP contribution in [0.4, 0.5) is 0 Å². The van der Waals surface area contributed by atoms with Gasteiger partial charge in [-0.2, -0.15) is 0 Å². The predicted molar refractivity (Wildman–Crippen MR) is 72.0 cm³/mol. The smallest absolute Gasteiger partial charge is 0.231 e. The normalized spacial score (nSPS) is 15.9. The lowest BCUT2D eigenvalue weighted by molar-refractivity contribution is -0.121. The van der Waals surface area contributed by atoms with Crippen molar-refractivity contribution < 1.29 is 14.3 Å². The molecule has 19 heavy (non-hydrogen) atoms. The van der Waals surface area contributed by atoms with E-state index in [-0.39, 0.29) is 24.8 Å². The Morgan fingerprint density at radius 3 is 2.84 bits per heavy atom. The average molecular weight is 264 g/mol.